The third-order valence-corrected chi connectivity index (χ3v) is 5.09. The lowest BCUT2D eigenvalue weighted by Gasteiger charge is -2.25. The topological polar surface area (TPSA) is 3.24 Å². The molecule has 0 radical (unpaired) electrons. The quantitative estimate of drug-likeness (QED) is 0.771. The van der Waals surface area contributed by atoms with Gasteiger partial charge in [-0.25, -0.2) is 0 Å². The molecule has 2 heteroatoms. The molecule has 0 aromatic heterocycles. The van der Waals surface area contributed by atoms with Gasteiger partial charge >= 0.3 is 0 Å². The number of fused-ring (bicyclic) bond motifs is 1. The van der Waals surface area contributed by atoms with Crippen LogP contribution < -0.4 is 0 Å². The van der Waals surface area contributed by atoms with Crippen molar-refractivity contribution in [3.63, 3.8) is 0 Å². The maximum Gasteiger partial charge on any atom is 0.0233 e. The smallest absolute Gasteiger partial charge is 0.0233 e. The summed E-state index contributed by atoms with van der Waals surface area (Å²) in [6, 6.07) is 7.07. The van der Waals surface area contributed by atoms with E-state index in [9.17, 15) is 0 Å². The number of nitrogens with zero attached hydrogens (tertiary/aromatic N) is 1. The van der Waals surface area contributed by atoms with E-state index in [1.54, 1.807) is 5.56 Å². The van der Waals surface area contributed by atoms with Crippen LogP contribution in [0.3, 0.4) is 0 Å². The molecule has 3 rings (SSSR count). The molecule has 0 amide bonds. The van der Waals surface area contributed by atoms with Crippen LogP contribution in [0.5, 0.6) is 0 Å². The average Bonchev–Trinajstić information content (AvgIpc) is 2.96. The normalized spacial score (nSPS) is 22.9. The van der Waals surface area contributed by atoms with Crippen LogP contribution in [0, 0.1) is 0 Å². The third-order valence-electron chi connectivity index (χ3n) is 3.70. The number of likely N-dealkylation sites (N-methyl/N-ethyl adjacent to an activating group) is 1. The maximum atomic E-state index is 2.43. The van der Waals surface area contributed by atoms with Crippen LogP contribution in [0.25, 0.3) is 0 Å². The van der Waals surface area contributed by atoms with Gasteiger partial charge in [0.1, 0.15) is 0 Å². The summed E-state index contributed by atoms with van der Waals surface area (Å²) >= 11 is 2.07. The highest BCUT2D eigenvalue weighted by atomic mass is 32.2. The minimum absolute atomic E-state index is 0.555. The summed E-state index contributed by atoms with van der Waals surface area (Å²) in [6.07, 6.45) is 3.99. The Labute approximate surface area is 102 Å². The Bertz CT molecular complexity index is 409. The minimum atomic E-state index is 0.555. The van der Waals surface area contributed by atoms with Gasteiger partial charge in [0.15, 0.2) is 0 Å². The molecule has 0 bridgehead atoms. The number of thioether (sulfide) groups is 1. The Morgan fingerprint density at radius 2 is 2.06 bits per heavy atom. The lowest BCUT2D eigenvalue weighted by Crippen LogP contribution is -2.26. The summed E-state index contributed by atoms with van der Waals surface area (Å²) in [7, 11) is 2.21. The van der Waals surface area contributed by atoms with Crippen molar-refractivity contribution < 1.29 is 0 Å². The summed E-state index contributed by atoms with van der Waals surface area (Å²) < 4.78 is 0.555. The van der Waals surface area contributed by atoms with Crippen molar-refractivity contribution in [2.75, 3.05) is 13.6 Å². The number of rotatable bonds is 2. The van der Waals surface area contributed by atoms with Crippen LogP contribution in [0.2, 0.25) is 0 Å². The fourth-order valence-corrected chi connectivity index (χ4v) is 3.51. The first-order valence-electron chi connectivity index (χ1n) is 6.14. The van der Waals surface area contributed by atoms with Crippen molar-refractivity contribution in [3.05, 3.63) is 29.3 Å². The summed E-state index contributed by atoms with van der Waals surface area (Å²) in [5.74, 6) is 0. The zero-order valence-electron chi connectivity index (χ0n) is 10.1. The Morgan fingerprint density at radius 3 is 2.81 bits per heavy atom. The third kappa shape index (κ3) is 2.14. The molecule has 1 aromatic carbocycles. The lowest BCUT2D eigenvalue weighted by molar-refractivity contribution is 0.312. The minimum Gasteiger partial charge on any atom is -0.302 e. The second-order valence-electron chi connectivity index (χ2n) is 5.47. The molecule has 1 nitrogen and oxygen atoms in total. The molecule has 0 N–H and O–H groups in total. The summed E-state index contributed by atoms with van der Waals surface area (Å²) in [5, 5.41) is 0. The molecule has 86 valence electrons. The molecule has 0 atom stereocenters. The van der Waals surface area contributed by atoms with E-state index < -0.39 is 0 Å². The van der Waals surface area contributed by atoms with Crippen LogP contribution in [0.15, 0.2) is 23.1 Å². The summed E-state index contributed by atoms with van der Waals surface area (Å²) in [6.45, 7) is 4.71. The number of benzene rings is 1. The molecular weight excluding hydrogens is 214 g/mol. The van der Waals surface area contributed by atoms with E-state index in [1.165, 1.54) is 36.3 Å². The molecule has 1 fully saturated rings. The zero-order valence-corrected chi connectivity index (χ0v) is 10.9. The van der Waals surface area contributed by atoms with Gasteiger partial charge in [-0.2, -0.15) is 0 Å². The highest BCUT2D eigenvalue weighted by molar-refractivity contribution is 8.01. The first-order valence-corrected chi connectivity index (χ1v) is 6.96. The molecule has 0 spiro atoms. The Morgan fingerprint density at radius 1 is 1.25 bits per heavy atom. The predicted molar refractivity (Wildman–Crippen MR) is 70.0 cm³/mol. The Hall–Kier alpha value is -0.470. The lowest BCUT2D eigenvalue weighted by atomic mass is 10.0. The van der Waals surface area contributed by atoms with E-state index in [-0.39, 0.29) is 0 Å². The van der Waals surface area contributed by atoms with Crippen molar-refractivity contribution in [3.8, 4) is 0 Å². The largest absolute Gasteiger partial charge is 0.302 e. The van der Waals surface area contributed by atoms with Crippen molar-refractivity contribution in [1.82, 2.24) is 4.90 Å². The predicted octanol–water partition coefficient (Wildman–Crippen LogP) is 3.32. The zero-order chi connectivity index (χ0) is 11.2. The van der Waals surface area contributed by atoms with Crippen LogP contribution >= 0.6 is 11.8 Å². The van der Waals surface area contributed by atoms with Crippen molar-refractivity contribution >= 4 is 11.8 Å². The van der Waals surface area contributed by atoms with E-state index in [4.69, 9.17) is 0 Å². The van der Waals surface area contributed by atoms with Crippen LogP contribution in [0.1, 0.15) is 30.9 Å². The van der Waals surface area contributed by atoms with Gasteiger partial charge in [0.05, 0.1) is 0 Å². The molecule has 1 aliphatic heterocycles. The van der Waals surface area contributed by atoms with Gasteiger partial charge in [0, 0.05) is 22.7 Å². The molecule has 1 aromatic rings. The second-order valence-corrected chi connectivity index (χ2v) is 7.13. The number of hydrogen-bond acceptors (Lipinski definition) is 2. The van der Waals surface area contributed by atoms with Gasteiger partial charge in [-0.05, 0) is 49.6 Å². The molecule has 0 unspecified atom stereocenters. The SMILES string of the molecule is CN1CCc2cc(SC3(C)CC3)ccc2C1. The first kappa shape index (κ1) is 10.7. The highest BCUT2D eigenvalue weighted by Gasteiger charge is 2.38. The summed E-state index contributed by atoms with van der Waals surface area (Å²) in [5.41, 5.74) is 3.10. The maximum absolute atomic E-state index is 2.43. The van der Waals surface area contributed by atoms with Crippen molar-refractivity contribution in [1.29, 1.82) is 0 Å². The van der Waals surface area contributed by atoms with Gasteiger partial charge < -0.3 is 4.90 Å². The van der Waals surface area contributed by atoms with E-state index in [0.29, 0.717) is 4.75 Å². The van der Waals surface area contributed by atoms with E-state index in [0.717, 1.165) is 6.54 Å². The average molecular weight is 233 g/mol. The van der Waals surface area contributed by atoms with Crippen LogP contribution in [0.4, 0.5) is 0 Å². The molecule has 1 aliphatic carbocycles. The fraction of sp³-hybridized carbons (Fsp3) is 0.571. The Kier molecular flexibility index (Phi) is 2.52. The van der Waals surface area contributed by atoms with Crippen LogP contribution in [-0.4, -0.2) is 23.2 Å². The first-order chi connectivity index (χ1) is 7.65. The van der Waals surface area contributed by atoms with Gasteiger partial charge in [-0.1, -0.05) is 13.0 Å². The molecule has 0 saturated heterocycles. The molecule has 1 saturated carbocycles. The van der Waals surface area contributed by atoms with Gasteiger partial charge in [-0.3, -0.25) is 0 Å². The van der Waals surface area contributed by atoms with E-state index >= 15 is 0 Å². The summed E-state index contributed by atoms with van der Waals surface area (Å²) in [4.78, 5) is 3.88. The van der Waals surface area contributed by atoms with Crippen LogP contribution in [-0.2, 0) is 13.0 Å². The number of hydrogen-bond donors (Lipinski definition) is 0. The van der Waals surface area contributed by atoms with E-state index in [1.807, 2.05) is 0 Å². The molecular formula is C14H19NS. The monoisotopic (exact) mass is 233 g/mol. The standard InChI is InChI=1S/C14H19NS/c1-14(6-7-14)16-13-4-3-12-10-15(2)8-5-11(12)9-13/h3-4,9H,5-8,10H2,1-2H3. The van der Waals surface area contributed by atoms with Crippen molar-refractivity contribution in [2.24, 2.45) is 0 Å². The highest BCUT2D eigenvalue weighted by Crippen LogP contribution is 2.51. The molecule has 16 heavy (non-hydrogen) atoms. The molecule has 2 aliphatic rings. The van der Waals surface area contributed by atoms with E-state index in [2.05, 4.69) is 48.8 Å². The molecule has 1 heterocycles. The van der Waals surface area contributed by atoms with Gasteiger partial charge in [-0.15, -0.1) is 11.8 Å². The van der Waals surface area contributed by atoms with Gasteiger partial charge in [0.25, 0.3) is 0 Å². The Balaban J connectivity index is 1.82. The van der Waals surface area contributed by atoms with Crippen molar-refractivity contribution in [2.45, 2.75) is 42.4 Å². The second kappa shape index (κ2) is 3.78. The fourth-order valence-electron chi connectivity index (χ4n) is 2.30. The van der Waals surface area contributed by atoms with Gasteiger partial charge in [0.2, 0.25) is 0 Å².